The molecule has 96 valence electrons. The molecule has 0 aromatic carbocycles. The van der Waals surface area contributed by atoms with Crippen molar-refractivity contribution in [3.8, 4) is 0 Å². The number of hydrogen-bond donors (Lipinski definition) is 2. The molecule has 0 bridgehead atoms. The lowest BCUT2D eigenvalue weighted by molar-refractivity contribution is 0.580. The molecule has 0 unspecified atom stereocenters. The fraction of sp³-hybridized carbons (Fsp3) is 0.273. The SMILES string of the molecule is Cc1n[nH]c(C)c1S(=O)(=O)NCc1cccnc1. The summed E-state index contributed by atoms with van der Waals surface area (Å²) in [5, 5.41) is 6.54. The molecule has 2 rings (SSSR count). The molecule has 0 aliphatic rings. The molecule has 2 aromatic rings. The second-order valence-electron chi connectivity index (χ2n) is 3.95. The number of hydrogen-bond acceptors (Lipinski definition) is 4. The first kappa shape index (κ1) is 12.7. The summed E-state index contributed by atoms with van der Waals surface area (Å²) in [6.45, 7) is 3.54. The van der Waals surface area contributed by atoms with Crippen LogP contribution in [0.4, 0.5) is 0 Å². The van der Waals surface area contributed by atoms with Gasteiger partial charge in [-0.3, -0.25) is 10.1 Å². The van der Waals surface area contributed by atoms with E-state index in [-0.39, 0.29) is 11.4 Å². The van der Waals surface area contributed by atoms with Gasteiger partial charge in [0.15, 0.2) is 0 Å². The van der Waals surface area contributed by atoms with Gasteiger partial charge in [-0.15, -0.1) is 0 Å². The minimum atomic E-state index is -3.55. The normalized spacial score (nSPS) is 11.7. The fourth-order valence-electron chi connectivity index (χ4n) is 1.69. The third-order valence-electron chi connectivity index (χ3n) is 2.52. The zero-order chi connectivity index (χ0) is 13.2. The summed E-state index contributed by atoms with van der Waals surface area (Å²) in [5.74, 6) is 0. The van der Waals surface area contributed by atoms with Crippen molar-refractivity contribution < 1.29 is 8.42 Å². The van der Waals surface area contributed by atoms with Crippen molar-refractivity contribution in [2.24, 2.45) is 0 Å². The number of pyridine rings is 1. The van der Waals surface area contributed by atoms with Crippen molar-refractivity contribution in [2.45, 2.75) is 25.3 Å². The highest BCUT2D eigenvalue weighted by atomic mass is 32.2. The first-order valence-corrected chi connectivity index (χ1v) is 6.89. The number of nitrogens with zero attached hydrogens (tertiary/aromatic N) is 2. The molecule has 0 aliphatic heterocycles. The van der Waals surface area contributed by atoms with Crippen LogP contribution < -0.4 is 4.72 Å². The van der Waals surface area contributed by atoms with Gasteiger partial charge in [-0.05, 0) is 25.5 Å². The highest BCUT2D eigenvalue weighted by Gasteiger charge is 2.21. The number of aromatic nitrogens is 3. The van der Waals surface area contributed by atoms with Crippen molar-refractivity contribution in [3.05, 3.63) is 41.5 Å². The number of nitrogens with one attached hydrogen (secondary N) is 2. The maximum atomic E-state index is 12.1. The molecule has 0 spiro atoms. The van der Waals surface area contributed by atoms with Crippen LogP contribution in [0, 0.1) is 13.8 Å². The molecule has 18 heavy (non-hydrogen) atoms. The molecule has 0 fully saturated rings. The van der Waals surface area contributed by atoms with Crippen molar-refractivity contribution in [1.29, 1.82) is 0 Å². The van der Waals surface area contributed by atoms with Gasteiger partial charge >= 0.3 is 0 Å². The van der Waals surface area contributed by atoms with Crippen LogP contribution in [0.25, 0.3) is 0 Å². The van der Waals surface area contributed by atoms with Crippen molar-refractivity contribution >= 4 is 10.0 Å². The number of sulfonamides is 1. The highest BCUT2D eigenvalue weighted by Crippen LogP contribution is 2.16. The van der Waals surface area contributed by atoms with Crippen molar-refractivity contribution in [3.63, 3.8) is 0 Å². The van der Waals surface area contributed by atoms with Gasteiger partial charge in [0, 0.05) is 18.9 Å². The van der Waals surface area contributed by atoms with Gasteiger partial charge in [0.25, 0.3) is 0 Å². The molecule has 0 radical (unpaired) electrons. The quantitative estimate of drug-likeness (QED) is 0.860. The van der Waals surface area contributed by atoms with E-state index in [2.05, 4.69) is 19.9 Å². The van der Waals surface area contributed by atoms with Gasteiger partial charge in [0.2, 0.25) is 10.0 Å². The Hall–Kier alpha value is -1.73. The first-order valence-electron chi connectivity index (χ1n) is 5.41. The maximum absolute atomic E-state index is 12.1. The van der Waals surface area contributed by atoms with Crippen LogP contribution in [0.5, 0.6) is 0 Å². The van der Waals surface area contributed by atoms with Crippen molar-refractivity contribution in [1.82, 2.24) is 19.9 Å². The Morgan fingerprint density at radius 3 is 2.72 bits per heavy atom. The van der Waals surface area contributed by atoms with E-state index in [4.69, 9.17) is 0 Å². The Morgan fingerprint density at radius 2 is 2.17 bits per heavy atom. The average Bonchev–Trinajstić information content (AvgIpc) is 2.69. The molecule has 0 atom stereocenters. The molecule has 2 N–H and O–H groups in total. The molecule has 0 amide bonds. The molecule has 7 heteroatoms. The van der Waals surface area contributed by atoms with Crippen LogP contribution in [-0.4, -0.2) is 23.6 Å². The van der Waals surface area contributed by atoms with E-state index in [1.54, 1.807) is 32.3 Å². The lowest BCUT2D eigenvalue weighted by Gasteiger charge is -2.06. The van der Waals surface area contributed by atoms with Crippen LogP contribution in [0.2, 0.25) is 0 Å². The van der Waals surface area contributed by atoms with E-state index < -0.39 is 10.0 Å². The van der Waals surface area contributed by atoms with E-state index >= 15 is 0 Å². The zero-order valence-corrected chi connectivity index (χ0v) is 11.0. The van der Waals surface area contributed by atoms with Crippen LogP contribution in [-0.2, 0) is 16.6 Å². The Balaban J connectivity index is 2.19. The highest BCUT2D eigenvalue weighted by molar-refractivity contribution is 7.89. The maximum Gasteiger partial charge on any atom is 0.244 e. The summed E-state index contributed by atoms with van der Waals surface area (Å²) < 4.78 is 26.8. The molecular formula is C11H14N4O2S. The second kappa shape index (κ2) is 4.87. The Bertz CT molecular complexity index is 615. The number of aryl methyl sites for hydroxylation is 2. The Kier molecular flexibility index (Phi) is 3.44. The number of rotatable bonds is 4. The molecular weight excluding hydrogens is 252 g/mol. The summed E-state index contributed by atoms with van der Waals surface area (Å²) in [6, 6.07) is 3.57. The van der Waals surface area contributed by atoms with Crippen LogP contribution >= 0.6 is 0 Å². The zero-order valence-electron chi connectivity index (χ0n) is 10.1. The lowest BCUT2D eigenvalue weighted by Crippen LogP contribution is -2.24. The molecule has 0 aliphatic carbocycles. The van der Waals surface area contributed by atoms with Gasteiger partial charge in [-0.25, -0.2) is 13.1 Å². The van der Waals surface area contributed by atoms with Crippen molar-refractivity contribution in [2.75, 3.05) is 0 Å². The van der Waals surface area contributed by atoms with Crippen LogP contribution in [0.3, 0.4) is 0 Å². The number of H-pyrrole nitrogens is 1. The smallest absolute Gasteiger partial charge is 0.244 e. The summed E-state index contributed by atoms with van der Waals surface area (Å²) in [4.78, 5) is 4.14. The molecule has 0 saturated heterocycles. The standard InChI is InChI=1S/C11H14N4O2S/c1-8-11(9(2)15-14-8)18(16,17)13-7-10-4-3-5-12-6-10/h3-6,13H,7H2,1-2H3,(H,14,15). The Morgan fingerprint density at radius 1 is 1.39 bits per heavy atom. The van der Waals surface area contributed by atoms with Gasteiger partial charge in [-0.1, -0.05) is 6.07 Å². The molecule has 2 aromatic heterocycles. The fourth-order valence-corrected chi connectivity index (χ4v) is 3.07. The molecule has 0 saturated carbocycles. The largest absolute Gasteiger partial charge is 0.281 e. The predicted molar refractivity (Wildman–Crippen MR) is 66.3 cm³/mol. The average molecular weight is 266 g/mol. The van der Waals surface area contributed by atoms with Gasteiger partial charge in [-0.2, -0.15) is 5.10 Å². The van der Waals surface area contributed by atoms with Gasteiger partial charge < -0.3 is 0 Å². The third kappa shape index (κ3) is 2.57. The number of aromatic amines is 1. The van der Waals surface area contributed by atoms with E-state index in [0.717, 1.165) is 5.56 Å². The van der Waals surface area contributed by atoms with Gasteiger partial charge in [0.1, 0.15) is 4.90 Å². The summed E-state index contributed by atoms with van der Waals surface area (Å²) >= 11 is 0. The van der Waals surface area contributed by atoms with E-state index in [9.17, 15) is 8.42 Å². The summed E-state index contributed by atoms with van der Waals surface area (Å²) in [6.07, 6.45) is 3.26. The van der Waals surface area contributed by atoms with E-state index in [1.165, 1.54) is 0 Å². The van der Waals surface area contributed by atoms with Crippen LogP contribution in [0.1, 0.15) is 17.0 Å². The minimum absolute atomic E-state index is 0.209. The van der Waals surface area contributed by atoms with Crippen LogP contribution in [0.15, 0.2) is 29.4 Å². The monoisotopic (exact) mass is 266 g/mol. The third-order valence-corrected chi connectivity index (χ3v) is 4.18. The first-order chi connectivity index (χ1) is 8.50. The second-order valence-corrected chi connectivity index (χ2v) is 5.65. The summed E-state index contributed by atoms with van der Waals surface area (Å²) in [5.41, 5.74) is 1.80. The molecule has 2 heterocycles. The molecule has 6 nitrogen and oxygen atoms in total. The summed E-state index contributed by atoms with van der Waals surface area (Å²) in [7, 11) is -3.55. The lowest BCUT2D eigenvalue weighted by atomic mass is 10.3. The Labute approximate surface area is 106 Å². The van der Waals surface area contributed by atoms with E-state index in [0.29, 0.717) is 11.4 Å². The topological polar surface area (TPSA) is 87.7 Å². The van der Waals surface area contributed by atoms with Gasteiger partial charge in [0.05, 0.1) is 11.4 Å². The minimum Gasteiger partial charge on any atom is -0.281 e. The van der Waals surface area contributed by atoms with E-state index in [1.807, 2.05) is 6.07 Å². The predicted octanol–water partition coefficient (Wildman–Crippen LogP) is 0.900.